The van der Waals surface area contributed by atoms with E-state index in [0.717, 1.165) is 16.9 Å². The van der Waals surface area contributed by atoms with E-state index in [9.17, 15) is 0 Å². The molecule has 2 heterocycles. The lowest BCUT2D eigenvalue weighted by molar-refractivity contribution is 1.16. The van der Waals surface area contributed by atoms with Crippen LogP contribution in [0.1, 0.15) is 0 Å². The van der Waals surface area contributed by atoms with E-state index in [4.69, 9.17) is 5.73 Å². The summed E-state index contributed by atoms with van der Waals surface area (Å²) in [6, 6.07) is 13.2. The Labute approximate surface area is 116 Å². The number of hydrogen-bond acceptors (Lipinski definition) is 5. The van der Waals surface area contributed by atoms with Gasteiger partial charge in [0, 0.05) is 35.5 Å². The summed E-state index contributed by atoms with van der Waals surface area (Å²) in [7, 11) is 0. The molecule has 5 heteroatoms. The summed E-state index contributed by atoms with van der Waals surface area (Å²) >= 11 is 0. The van der Waals surface area contributed by atoms with E-state index < -0.39 is 0 Å². The Morgan fingerprint density at radius 2 is 1.75 bits per heavy atom. The van der Waals surface area contributed by atoms with Crippen molar-refractivity contribution >= 4 is 17.3 Å². The molecule has 3 aromatic rings. The van der Waals surface area contributed by atoms with Gasteiger partial charge in [-0.1, -0.05) is 12.1 Å². The van der Waals surface area contributed by atoms with E-state index in [1.54, 1.807) is 18.6 Å². The number of hydrogen-bond donors (Lipinski definition) is 2. The van der Waals surface area contributed by atoms with Crippen LogP contribution in [0.4, 0.5) is 17.3 Å². The van der Waals surface area contributed by atoms with Crippen molar-refractivity contribution in [1.82, 2.24) is 15.0 Å². The Hall–Kier alpha value is -2.95. The van der Waals surface area contributed by atoms with Gasteiger partial charge < -0.3 is 11.1 Å². The second-order valence-corrected chi connectivity index (χ2v) is 4.26. The number of rotatable bonds is 3. The van der Waals surface area contributed by atoms with Gasteiger partial charge in [0.2, 0.25) is 5.95 Å². The number of aromatic nitrogens is 3. The van der Waals surface area contributed by atoms with Crippen molar-refractivity contribution in [1.29, 1.82) is 0 Å². The summed E-state index contributed by atoms with van der Waals surface area (Å²) in [4.78, 5) is 12.8. The van der Waals surface area contributed by atoms with Gasteiger partial charge >= 0.3 is 0 Å². The van der Waals surface area contributed by atoms with Crippen molar-refractivity contribution < 1.29 is 0 Å². The van der Waals surface area contributed by atoms with Crippen molar-refractivity contribution in [2.45, 2.75) is 0 Å². The molecule has 3 rings (SSSR count). The fourth-order valence-electron chi connectivity index (χ4n) is 1.80. The van der Waals surface area contributed by atoms with Gasteiger partial charge in [0.1, 0.15) is 0 Å². The summed E-state index contributed by atoms with van der Waals surface area (Å²) in [5, 5.41) is 3.10. The lowest BCUT2D eigenvalue weighted by Gasteiger charge is -2.06. The minimum absolute atomic E-state index is 0.523. The third kappa shape index (κ3) is 2.72. The number of nitrogens with zero attached hydrogens (tertiary/aromatic N) is 3. The molecule has 0 saturated carbocycles. The summed E-state index contributed by atoms with van der Waals surface area (Å²) in [6.45, 7) is 0. The number of anilines is 3. The predicted molar refractivity (Wildman–Crippen MR) is 79.4 cm³/mol. The van der Waals surface area contributed by atoms with Crippen molar-refractivity contribution in [3.63, 3.8) is 0 Å². The highest BCUT2D eigenvalue weighted by Gasteiger charge is 2.01. The number of benzene rings is 1. The number of pyridine rings is 1. The molecule has 0 radical (unpaired) electrons. The van der Waals surface area contributed by atoms with E-state index in [1.165, 1.54) is 0 Å². The van der Waals surface area contributed by atoms with Crippen LogP contribution >= 0.6 is 0 Å². The maximum Gasteiger partial charge on any atom is 0.227 e. The molecule has 98 valence electrons. The molecule has 0 aliphatic rings. The van der Waals surface area contributed by atoms with E-state index in [1.807, 2.05) is 42.5 Å². The van der Waals surface area contributed by atoms with Crippen LogP contribution in [0.5, 0.6) is 0 Å². The average Bonchev–Trinajstić information content (AvgIpc) is 2.49. The van der Waals surface area contributed by atoms with Crippen LogP contribution in [0.25, 0.3) is 11.3 Å². The fourth-order valence-corrected chi connectivity index (χ4v) is 1.80. The van der Waals surface area contributed by atoms with Crippen LogP contribution in [0.15, 0.2) is 61.1 Å². The Balaban J connectivity index is 1.80. The molecule has 0 spiro atoms. The molecule has 2 aromatic heterocycles. The van der Waals surface area contributed by atoms with Crippen LogP contribution in [0, 0.1) is 0 Å². The predicted octanol–water partition coefficient (Wildman–Crippen LogP) is 2.86. The highest BCUT2D eigenvalue weighted by Crippen LogP contribution is 2.18. The second-order valence-electron chi connectivity index (χ2n) is 4.26. The first kappa shape index (κ1) is 12.1. The first-order chi connectivity index (χ1) is 9.81. The third-order valence-corrected chi connectivity index (χ3v) is 2.76. The average molecular weight is 263 g/mol. The van der Waals surface area contributed by atoms with Crippen LogP contribution in [0.3, 0.4) is 0 Å². The number of nitrogens with two attached hydrogens (primary N) is 1. The molecule has 5 nitrogen and oxygen atoms in total. The molecular weight excluding hydrogens is 250 g/mol. The van der Waals surface area contributed by atoms with Gasteiger partial charge in [0.25, 0.3) is 0 Å². The van der Waals surface area contributed by atoms with Crippen molar-refractivity contribution in [2.75, 3.05) is 11.1 Å². The standard InChI is InChI=1S/C15H13N5/c16-12-4-3-5-13(8-12)20-15-18-9-11(10-19-15)14-6-1-2-7-17-14/h1-10H,16H2,(H,18,19,20). The fraction of sp³-hybridized carbons (Fsp3) is 0. The lowest BCUT2D eigenvalue weighted by atomic mass is 10.2. The van der Waals surface area contributed by atoms with Gasteiger partial charge in [-0.15, -0.1) is 0 Å². The quantitative estimate of drug-likeness (QED) is 0.710. The number of nitrogens with one attached hydrogen (secondary N) is 1. The van der Waals surface area contributed by atoms with Gasteiger partial charge in [-0.05, 0) is 30.3 Å². The molecule has 0 unspecified atom stereocenters. The molecule has 3 N–H and O–H groups in total. The second kappa shape index (κ2) is 5.36. The molecule has 0 aliphatic heterocycles. The molecular formula is C15H13N5. The molecule has 0 fully saturated rings. The molecule has 0 atom stereocenters. The van der Waals surface area contributed by atoms with Gasteiger partial charge in [-0.25, -0.2) is 9.97 Å². The van der Waals surface area contributed by atoms with Crippen LogP contribution in [-0.4, -0.2) is 15.0 Å². The summed E-state index contributed by atoms with van der Waals surface area (Å²) < 4.78 is 0. The first-order valence-corrected chi connectivity index (χ1v) is 6.17. The zero-order valence-corrected chi connectivity index (χ0v) is 10.7. The minimum atomic E-state index is 0.523. The van der Waals surface area contributed by atoms with E-state index in [0.29, 0.717) is 11.6 Å². The summed E-state index contributed by atoms with van der Waals surface area (Å²) in [5.74, 6) is 0.523. The zero-order chi connectivity index (χ0) is 13.8. The van der Waals surface area contributed by atoms with Crippen molar-refractivity contribution in [3.05, 3.63) is 61.1 Å². The molecule has 0 bridgehead atoms. The third-order valence-electron chi connectivity index (χ3n) is 2.76. The monoisotopic (exact) mass is 263 g/mol. The highest BCUT2D eigenvalue weighted by atomic mass is 15.1. The first-order valence-electron chi connectivity index (χ1n) is 6.17. The molecule has 20 heavy (non-hydrogen) atoms. The summed E-state index contributed by atoms with van der Waals surface area (Å²) in [6.07, 6.45) is 5.22. The Bertz CT molecular complexity index is 695. The Kier molecular flexibility index (Phi) is 3.24. The van der Waals surface area contributed by atoms with Crippen LogP contribution < -0.4 is 11.1 Å². The van der Waals surface area contributed by atoms with E-state index in [-0.39, 0.29) is 0 Å². The highest BCUT2D eigenvalue weighted by molar-refractivity contribution is 5.61. The summed E-state index contributed by atoms with van der Waals surface area (Å²) in [5.41, 5.74) is 9.00. The Morgan fingerprint density at radius 3 is 2.45 bits per heavy atom. The van der Waals surface area contributed by atoms with Gasteiger partial charge in [-0.3, -0.25) is 4.98 Å². The zero-order valence-electron chi connectivity index (χ0n) is 10.7. The van der Waals surface area contributed by atoms with Gasteiger partial charge in [0.15, 0.2) is 0 Å². The van der Waals surface area contributed by atoms with Crippen molar-refractivity contribution in [3.8, 4) is 11.3 Å². The topological polar surface area (TPSA) is 76.7 Å². The van der Waals surface area contributed by atoms with E-state index >= 15 is 0 Å². The molecule has 0 aliphatic carbocycles. The number of nitrogen functional groups attached to an aromatic ring is 1. The Morgan fingerprint density at radius 1 is 0.900 bits per heavy atom. The molecule has 1 aromatic carbocycles. The van der Waals surface area contributed by atoms with Gasteiger partial charge in [-0.2, -0.15) is 0 Å². The molecule has 0 amide bonds. The van der Waals surface area contributed by atoms with Crippen LogP contribution in [-0.2, 0) is 0 Å². The smallest absolute Gasteiger partial charge is 0.227 e. The minimum Gasteiger partial charge on any atom is -0.399 e. The van der Waals surface area contributed by atoms with Gasteiger partial charge in [0.05, 0.1) is 5.69 Å². The van der Waals surface area contributed by atoms with Crippen molar-refractivity contribution in [2.24, 2.45) is 0 Å². The van der Waals surface area contributed by atoms with E-state index in [2.05, 4.69) is 20.3 Å². The van der Waals surface area contributed by atoms with Crippen LogP contribution in [0.2, 0.25) is 0 Å². The maximum atomic E-state index is 5.72. The SMILES string of the molecule is Nc1cccc(Nc2ncc(-c3ccccn3)cn2)c1. The normalized spacial score (nSPS) is 10.2. The molecule has 0 saturated heterocycles. The lowest BCUT2D eigenvalue weighted by Crippen LogP contribution is -1.97. The largest absolute Gasteiger partial charge is 0.399 e. The maximum absolute atomic E-state index is 5.72.